The lowest BCUT2D eigenvalue weighted by atomic mass is 10.1. The Bertz CT molecular complexity index is 709. The molecule has 23 heavy (non-hydrogen) atoms. The predicted octanol–water partition coefficient (Wildman–Crippen LogP) is 3.09. The first-order valence-corrected chi connectivity index (χ1v) is 7.50. The lowest BCUT2D eigenvalue weighted by Crippen LogP contribution is -2.23. The largest absolute Gasteiger partial charge is 0.507 e. The van der Waals surface area contributed by atoms with Gasteiger partial charge in [0.25, 0.3) is 11.8 Å². The number of carbonyl (C=O) groups excluding carboxylic acids is 2. The molecule has 0 unspecified atom stereocenters. The van der Waals surface area contributed by atoms with E-state index in [1.807, 2.05) is 13.8 Å². The van der Waals surface area contributed by atoms with Gasteiger partial charge < -0.3 is 15.7 Å². The lowest BCUT2D eigenvalue weighted by Gasteiger charge is -2.08. The Morgan fingerprint density at radius 2 is 1.74 bits per heavy atom. The minimum atomic E-state index is -0.398. The minimum Gasteiger partial charge on any atom is -0.507 e. The van der Waals surface area contributed by atoms with Gasteiger partial charge in [0.2, 0.25) is 0 Å². The average Bonchev–Trinajstić information content (AvgIpc) is 2.53. The number of hydrogen-bond donors (Lipinski definition) is 3. The van der Waals surface area contributed by atoms with Gasteiger partial charge in [0.05, 0.1) is 5.56 Å². The fourth-order valence-electron chi connectivity index (χ4n) is 2.08. The molecule has 0 fully saturated rings. The van der Waals surface area contributed by atoms with Crippen molar-refractivity contribution in [2.24, 2.45) is 0 Å². The molecule has 0 spiro atoms. The van der Waals surface area contributed by atoms with Crippen LogP contribution < -0.4 is 10.6 Å². The van der Waals surface area contributed by atoms with Gasteiger partial charge in [0.1, 0.15) is 5.75 Å². The van der Waals surface area contributed by atoms with Gasteiger partial charge >= 0.3 is 0 Å². The van der Waals surface area contributed by atoms with E-state index in [4.69, 9.17) is 0 Å². The van der Waals surface area contributed by atoms with Crippen molar-refractivity contribution in [1.29, 1.82) is 0 Å². The van der Waals surface area contributed by atoms with Crippen LogP contribution in [0, 0.1) is 6.92 Å². The number of aryl methyl sites for hydroxylation is 1. The monoisotopic (exact) mass is 312 g/mol. The van der Waals surface area contributed by atoms with Gasteiger partial charge in [-0.1, -0.05) is 13.0 Å². The van der Waals surface area contributed by atoms with E-state index >= 15 is 0 Å². The SMILES string of the molecule is CCCNC(=O)c1ccc(NC(=O)c2ccc(C)cc2O)cc1. The van der Waals surface area contributed by atoms with Gasteiger partial charge in [-0.3, -0.25) is 9.59 Å². The second-order valence-corrected chi connectivity index (χ2v) is 5.31. The third-order valence-electron chi connectivity index (χ3n) is 3.34. The van der Waals surface area contributed by atoms with E-state index in [1.165, 1.54) is 6.07 Å². The molecule has 2 aromatic carbocycles. The van der Waals surface area contributed by atoms with Crippen molar-refractivity contribution in [2.45, 2.75) is 20.3 Å². The summed E-state index contributed by atoms with van der Waals surface area (Å²) in [5.74, 6) is -0.593. The van der Waals surface area contributed by atoms with Crippen LogP contribution >= 0.6 is 0 Å². The summed E-state index contributed by atoms with van der Waals surface area (Å²) in [7, 11) is 0. The molecule has 0 aliphatic heterocycles. The normalized spacial score (nSPS) is 10.2. The maximum Gasteiger partial charge on any atom is 0.259 e. The third-order valence-corrected chi connectivity index (χ3v) is 3.34. The summed E-state index contributed by atoms with van der Waals surface area (Å²) in [5.41, 5.74) is 2.18. The van der Waals surface area contributed by atoms with Gasteiger partial charge in [-0.05, 0) is 55.3 Å². The van der Waals surface area contributed by atoms with Crippen molar-refractivity contribution in [3.8, 4) is 5.75 Å². The van der Waals surface area contributed by atoms with Crippen LogP contribution in [0.3, 0.4) is 0 Å². The Balaban J connectivity index is 2.05. The Morgan fingerprint density at radius 1 is 1.04 bits per heavy atom. The van der Waals surface area contributed by atoms with E-state index in [0.717, 1.165) is 12.0 Å². The predicted molar refractivity (Wildman–Crippen MR) is 89.9 cm³/mol. The number of amides is 2. The van der Waals surface area contributed by atoms with Crippen molar-refractivity contribution >= 4 is 17.5 Å². The molecule has 5 nitrogen and oxygen atoms in total. The maximum absolute atomic E-state index is 12.2. The summed E-state index contributed by atoms with van der Waals surface area (Å²) in [6.45, 7) is 4.45. The van der Waals surface area contributed by atoms with Crippen LogP contribution in [0.4, 0.5) is 5.69 Å². The molecule has 0 saturated heterocycles. The average molecular weight is 312 g/mol. The van der Waals surface area contributed by atoms with Crippen molar-refractivity contribution in [3.05, 3.63) is 59.2 Å². The van der Waals surface area contributed by atoms with Gasteiger partial charge in [-0.15, -0.1) is 0 Å². The highest BCUT2D eigenvalue weighted by Gasteiger charge is 2.12. The molecular weight excluding hydrogens is 292 g/mol. The second kappa shape index (κ2) is 7.45. The number of aromatic hydroxyl groups is 1. The maximum atomic E-state index is 12.2. The summed E-state index contributed by atoms with van der Waals surface area (Å²) in [6, 6.07) is 11.5. The molecule has 0 saturated carbocycles. The molecule has 0 aromatic heterocycles. The third kappa shape index (κ3) is 4.32. The summed E-state index contributed by atoms with van der Waals surface area (Å²) >= 11 is 0. The van der Waals surface area contributed by atoms with E-state index in [9.17, 15) is 14.7 Å². The molecule has 2 rings (SSSR count). The van der Waals surface area contributed by atoms with Gasteiger partial charge in [-0.2, -0.15) is 0 Å². The van der Waals surface area contributed by atoms with Crippen LogP contribution in [0.5, 0.6) is 5.75 Å². The number of anilines is 1. The number of rotatable bonds is 5. The molecule has 0 bridgehead atoms. The van der Waals surface area contributed by atoms with Crippen molar-refractivity contribution in [1.82, 2.24) is 5.32 Å². The summed E-state index contributed by atoms with van der Waals surface area (Å²) in [4.78, 5) is 24.0. The number of phenolic OH excluding ortho intramolecular Hbond substituents is 1. The van der Waals surface area contributed by atoms with E-state index in [-0.39, 0.29) is 17.2 Å². The quantitative estimate of drug-likeness (QED) is 0.794. The molecule has 0 atom stereocenters. The van der Waals surface area contributed by atoms with E-state index < -0.39 is 5.91 Å². The van der Waals surface area contributed by atoms with Gasteiger partial charge in [0, 0.05) is 17.8 Å². The molecule has 120 valence electrons. The van der Waals surface area contributed by atoms with Crippen LogP contribution in [-0.4, -0.2) is 23.5 Å². The molecule has 0 radical (unpaired) electrons. The van der Waals surface area contributed by atoms with Gasteiger partial charge in [0.15, 0.2) is 0 Å². The van der Waals surface area contributed by atoms with Crippen molar-refractivity contribution < 1.29 is 14.7 Å². The standard InChI is InChI=1S/C18H20N2O3/c1-3-10-19-17(22)13-5-7-14(8-6-13)20-18(23)15-9-4-12(2)11-16(15)21/h4-9,11,21H,3,10H2,1-2H3,(H,19,22)(H,20,23). The van der Waals surface area contributed by atoms with E-state index in [0.29, 0.717) is 17.8 Å². The van der Waals surface area contributed by atoms with E-state index in [1.54, 1.807) is 36.4 Å². The molecule has 2 amide bonds. The van der Waals surface area contributed by atoms with Gasteiger partial charge in [-0.25, -0.2) is 0 Å². The zero-order valence-electron chi connectivity index (χ0n) is 13.2. The summed E-state index contributed by atoms with van der Waals surface area (Å²) in [5, 5.41) is 15.3. The highest BCUT2D eigenvalue weighted by molar-refractivity contribution is 6.06. The number of benzene rings is 2. The van der Waals surface area contributed by atoms with Crippen molar-refractivity contribution in [2.75, 3.05) is 11.9 Å². The van der Waals surface area contributed by atoms with Crippen molar-refractivity contribution in [3.63, 3.8) is 0 Å². The van der Waals surface area contributed by atoms with Crippen LogP contribution in [-0.2, 0) is 0 Å². The molecule has 0 heterocycles. The number of nitrogens with one attached hydrogen (secondary N) is 2. The van der Waals surface area contributed by atoms with Crippen LogP contribution in [0.25, 0.3) is 0 Å². The Kier molecular flexibility index (Phi) is 5.36. The molecule has 0 aliphatic rings. The zero-order chi connectivity index (χ0) is 16.8. The molecule has 2 aromatic rings. The molecule has 3 N–H and O–H groups in total. The lowest BCUT2D eigenvalue weighted by molar-refractivity contribution is 0.0953. The number of phenols is 1. The number of hydrogen-bond acceptors (Lipinski definition) is 3. The Morgan fingerprint density at radius 3 is 2.35 bits per heavy atom. The minimum absolute atomic E-state index is 0.0573. The first kappa shape index (κ1) is 16.5. The molecule has 5 heteroatoms. The second-order valence-electron chi connectivity index (χ2n) is 5.31. The van der Waals surface area contributed by atoms with E-state index in [2.05, 4.69) is 10.6 Å². The van der Waals surface area contributed by atoms with Crippen LogP contribution in [0.1, 0.15) is 39.6 Å². The smallest absolute Gasteiger partial charge is 0.259 e. The van der Waals surface area contributed by atoms with Crippen LogP contribution in [0.15, 0.2) is 42.5 Å². The molecular formula is C18H20N2O3. The zero-order valence-corrected chi connectivity index (χ0v) is 13.2. The number of carbonyl (C=O) groups is 2. The first-order valence-electron chi connectivity index (χ1n) is 7.50. The Labute approximate surface area is 135 Å². The summed E-state index contributed by atoms with van der Waals surface area (Å²) < 4.78 is 0. The summed E-state index contributed by atoms with van der Waals surface area (Å²) in [6.07, 6.45) is 0.875. The first-order chi connectivity index (χ1) is 11.0. The highest BCUT2D eigenvalue weighted by Crippen LogP contribution is 2.20. The fourth-order valence-corrected chi connectivity index (χ4v) is 2.08. The Hall–Kier alpha value is -2.82. The highest BCUT2D eigenvalue weighted by atomic mass is 16.3. The molecule has 0 aliphatic carbocycles. The topological polar surface area (TPSA) is 78.4 Å². The fraction of sp³-hybridized carbons (Fsp3) is 0.222. The van der Waals surface area contributed by atoms with Crippen LogP contribution in [0.2, 0.25) is 0 Å².